The number of benzene rings is 2. The Hall–Kier alpha value is -2.35. The highest BCUT2D eigenvalue weighted by Gasteiger charge is 2.23. The second-order valence-corrected chi connectivity index (χ2v) is 5.81. The van der Waals surface area contributed by atoms with E-state index in [9.17, 15) is 8.42 Å². The van der Waals surface area contributed by atoms with Crippen molar-refractivity contribution in [2.75, 3.05) is 6.61 Å². The number of rotatable bonds is 5. The molecule has 3 nitrogen and oxygen atoms in total. The summed E-state index contributed by atoms with van der Waals surface area (Å²) in [6.45, 7) is 7.09. The molecule has 0 atom stereocenters. The van der Waals surface area contributed by atoms with Crippen molar-refractivity contribution < 1.29 is 12.6 Å². The zero-order valence-electron chi connectivity index (χ0n) is 11.4. The van der Waals surface area contributed by atoms with Gasteiger partial charge in [-0.15, -0.1) is 6.42 Å². The van der Waals surface area contributed by atoms with E-state index >= 15 is 0 Å². The first-order chi connectivity index (χ1) is 10.0. The van der Waals surface area contributed by atoms with Crippen LogP contribution in [0.4, 0.5) is 0 Å². The van der Waals surface area contributed by atoms with Crippen molar-refractivity contribution in [3.63, 3.8) is 0 Å². The molecule has 0 saturated carbocycles. The van der Waals surface area contributed by atoms with Crippen LogP contribution >= 0.6 is 0 Å². The van der Waals surface area contributed by atoms with E-state index in [1.807, 2.05) is 18.2 Å². The number of hydrogen-bond donors (Lipinski definition) is 0. The molecule has 0 N–H and O–H groups in total. The van der Waals surface area contributed by atoms with Gasteiger partial charge in [0.25, 0.3) is 10.1 Å². The molecule has 2 aromatic rings. The summed E-state index contributed by atoms with van der Waals surface area (Å²) in [6, 6.07) is 9.01. The van der Waals surface area contributed by atoms with Crippen LogP contribution in [0.3, 0.4) is 0 Å². The second-order valence-electron chi connectivity index (χ2n) is 4.26. The van der Waals surface area contributed by atoms with Gasteiger partial charge in [-0.2, -0.15) is 8.42 Å². The van der Waals surface area contributed by atoms with Crippen molar-refractivity contribution in [3.05, 3.63) is 54.6 Å². The van der Waals surface area contributed by atoms with Gasteiger partial charge in [0.1, 0.15) is 11.5 Å². The largest absolute Gasteiger partial charge is 0.299 e. The van der Waals surface area contributed by atoms with E-state index in [0.29, 0.717) is 16.5 Å². The fourth-order valence-electron chi connectivity index (χ4n) is 2.17. The summed E-state index contributed by atoms with van der Waals surface area (Å²) >= 11 is 0. The highest BCUT2D eigenvalue weighted by Crippen LogP contribution is 2.32. The fourth-order valence-corrected chi connectivity index (χ4v) is 3.44. The lowest BCUT2D eigenvalue weighted by Crippen LogP contribution is -2.10. The molecule has 0 aliphatic heterocycles. The average molecular weight is 298 g/mol. The second kappa shape index (κ2) is 5.96. The van der Waals surface area contributed by atoms with Gasteiger partial charge in [0.05, 0.1) is 0 Å². The molecular formula is C17H14O3S. The normalized spacial score (nSPS) is 11.0. The summed E-state index contributed by atoms with van der Waals surface area (Å²) in [5.74, 6) is 2.16. The third kappa shape index (κ3) is 2.75. The number of fused-ring (bicyclic) bond motifs is 1. The Morgan fingerprint density at radius 2 is 1.95 bits per heavy atom. The molecule has 2 rings (SSSR count). The van der Waals surface area contributed by atoms with Gasteiger partial charge in [-0.05, 0) is 17.0 Å². The first-order valence-corrected chi connectivity index (χ1v) is 7.59. The van der Waals surface area contributed by atoms with Crippen molar-refractivity contribution in [3.8, 4) is 12.3 Å². The van der Waals surface area contributed by atoms with Gasteiger partial charge in [0.2, 0.25) is 0 Å². The molecule has 0 aromatic heterocycles. The maximum atomic E-state index is 12.5. The van der Waals surface area contributed by atoms with Crippen LogP contribution in [0.25, 0.3) is 22.9 Å². The molecule has 0 radical (unpaired) electrons. The van der Waals surface area contributed by atoms with Gasteiger partial charge in [0, 0.05) is 10.9 Å². The van der Waals surface area contributed by atoms with Crippen molar-refractivity contribution in [2.24, 2.45) is 0 Å². The van der Waals surface area contributed by atoms with Crippen LogP contribution < -0.4 is 0 Å². The smallest absolute Gasteiger partial charge is 0.253 e. The van der Waals surface area contributed by atoms with Crippen LogP contribution in [0.1, 0.15) is 11.1 Å². The SMILES string of the molecule is C#CCOS(=O)(=O)c1c(C=C)c(C=C)cc2ccccc12. The van der Waals surface area contributed by atoms with Crippen molar-refractivity contribution in [2.45, 2.75) is 4.90 Å². The maximum absolute atomic E-state index is 12.5. The van der Waals surface area contributed by atoms with E-state index in [0.717, 1.165) is 5.39 Å². The molecule has 0 aliphatic carbocycles. The molecule has 0 unspecified atom stereocenters. The predicted molar refractivity (Wildman–Crippen MR) is 86.1 cm³/mol. The molecule has 0 aliphatic rings. The predicted octanol–water partition coefficient (Wildman–Crippen LogP) is 3.46. The van der Waals surface area contributed by atoms with Gasteiger partial charge in [-0.3, -0.25) is 4.18 Å². The fraction of sp³-hybridized carbons (Fsp3) is 0.0588. The van der Waals surface area contributed by atoms with E-state index in [4.69, 9.17) is 10.6 Å². The molecule has 4 heteroatoms. The van der Waals surface area contributed by atoms with Gasteiger partial charge in [0.15, 0.2) is 0 Å². The van der Waals surface area contributed by atoms with Crippen LogP contribution in [0, 0.1) is 12.3 Å². The van der Waals surface area contributed by atoms with E-state index < -0.39 is 10.1 Å². The first-order valence-electron chi connectivity index (χ1n) is 6.18. The van der Waals surface area contributed by atoms with Crippen LogP contribution in [0.5, 0.6) is 0 Å². The molecule has 0 saturated heterocycles. The monoisotopic (exact) mass is 298 g/mol. The standard InChI is InChI=1S/C17H14O3S/c1-4-11-20-21(18,19)17-15(6-3)13(5-2)12-14-9-7-8-10-16(14)17/h1,5-10,12H,2-3,11H2. The zero-order chi connectivity index (χ0) is 15.5. The van der Waals surface area contributed by atoms with Gasteiger partial charge >= 0.3 is 0 Å². The molecule has 2 aromatic carbocycles. The topological polar surface area (TPSA) is 43.4 Å². The summed E-state index contributed by atoms with van der Waals surface area (Å²) in [7, 11) is -3.99. The minimum atomic E-state index is -3.99. The summed E-state index contributed by atoms with van der Waals surface area (Å²) < 4.78 is 29.8. The molecular weight excluding hydrogens is 284 g/mol. The lowest BCUT2D eigenvalue weighted by Gasteiger charge is -2.13. The lowest BCUT2D eigenvalue weighted by molar-refractivity contribution is 0.364. The molecule has 106 valence electrons. The minimum Gasteiger partial charge on any atom is -0.253 e. The number of hydrogen-bond acceptors (Lipinski definition) is 3. The Bertz CT molecular complexity index is 855. The first kappa shape index (κ1) is 15.0. The maximum Gasteiger partial charge on any atom is 0.299 e. The molecule has 0 heterocycles. The molecule has 21 heavy (non-hydrogen) atoms. The Kier molecular flexibility index (Phi) is 4.27. The van der Waals surface area contributed by atoms with Crippen LogP contribution in [0.15, 0.2) is 48.4 Å². The zero-order valence-corrected chi connectivity index (χ0v) is 12.2. The van der Waals surface area contributed by atoms with Gasteiger partial charge in [-0.25, -0.2) is 0 Å². The molecule has 0 amide bonds. The summed E-state index contributed by atoms with van der Waals surface area (Å²) in [4.78, 5) is 0.0701. The Balaban J connectivity index is 2.91. The van der Waals surface area contributed by atoms with Gasteiger partial charge < -0.3 is 0 Å². The quantitative estimate of drug-likeness (QED) is 0.627. The van der Waals surface area contributed by atoms with Crippen LogP contribution in [0.2, 0.25) is 0 Å². The molecule has 0 bridgehead atoms. The summed E-state index contributed by atoms with van der Waals surface area (Å²) in [5.41, 5.74) is 1.13. The van der Waals surface area contributed by atoms with E-state index in [1.54, 1.807) is 18.2 Å². The van der Waals surface area contributed by atoms with Crippen molar-refractivity contribution >= 4 is 33.0 Å². The third-order valence-electron chi connectivity index (χ3n) is 3.04. The Morgan fingerprint density at radius 1 is 1.24 bits per heavy atom. The van der Waals surface area contributed by atoms with Crippen molar-refractivity contribution in [1.82, 2.24) is 0 Å². The van der Waals surface area contributed by atoms with E-state index in [-0.39, 0.29) is 11.5 Å². The van der Waals surface area contributed by atoms with Gasteiger partial charge in [-0.1, -0.05) is 55.5 Å². The summed E-state index contributed by atoms with van der Waals surface area (Å²) in [6.07, 6.45) is 8.15. The van der Waals surface area contributed by atoms with E-state index in [2.05, 4.69) is 19.1 Å². The van der Waals surface area contributed by atoms with Crippen LogP contribution in [-0.4, -0.2) is 15.0 Å². The highest BCUT2D eigenvalue weighted by atomic mass is 32.2. The van der Waals surface area contributed by atoms with Crippen LogP contribution in [-0.2, 0) is 14.3 Å². The van der Waals surface area contributed by atoms with E-state index in [1.165, 1.54) is 6.08 Å². The Morgan fingerprint density at radius 3 is 2.57 bits per heavy atom. The number of terminal acetylenes is 1. The van der Waals surface area contributed by atoms with Crippen molar-refractivity contribution in [1.29, 1.82) is 0 Å². The minimum absolute atomic E-state index is 0.0701. The molecule has 0 spiro atoms. The average Bonchev–Trinajstić information content (AvgIpc) is 2.50. The Labute approximate surface area is 124 Å². The highest BCUT2D eigenvalue weighted by molar-refractivity contribution is 7.87. The third-order valence-corrected chi connectivity index (χ3v) is 4.41. The summed E-state index contributed by atoms with van der Waals surface area (Å²) in [5, 5.41) is 1.34. The molecule has 0 fully saturated rings. The lowest BCUT2D eigenvalue weighted by atomic mass is 10.0.